The lowest BCUT2D eigenvalue weighted by molar-refractivity contribution is -0.146. The molecule has 15 heteroatoms. The van der Waals surface area contributed by atoms with Crippen LogP contribution in [-0.2, 0) is 66.5 Å². The van der Waals surface area contributed by atoms with Crippen LogP contribution in [-0.4, -0.2) is 155 Å². The minimum absolute atomic E-state index is 0.0581. The fourth-order valence-electron chi connectivity index (χ4n) is 4.21. The lowest BCUT2D eigenvalue weighted by Crippen LogP contribution is -2.16. The normalized spacial score (nSPS) is 11.2. The number of aliphatic carboxylic acids is 1. The molecule has 0 saturated carbocycles. The Hall–Kier alpha value is -1.95. The van der Waals surface area contributed by atoms with Gasteiger partial charge < -0.3 is 57.2 Å². The molecule has 0 radical (unpaired) electrons. The number of esters is 2. The van der Waals surface area contributed by atoms with E-state index in [1.165, 1.54) is 32.1 Å². The van der Waals surface area contributed by atoms with Crippen molar-refractivity contribution in [2.45, 2.75) is 84.0 Å². The highest BCUT2D eigenvalue weighted by molar-refractivity contribution is 5.70. The van der Waals surface area contributed by atoms with E-state index >= 15 is 0 Å². The van der Waals surface area contributed by atoms with Gasteiger partial charge >= 0.3 is 17.9 Å². The van der Waals surface area contributed by atoms with E-state index in [4.69, 9.17) is 57.2 Å². The van der Waals surface area contributed by atoms with E-state index in [1.54, 1.807) is 0 Å². The van der Waals surface area contributed by atoms with E-state index in [9.17, 15) is 14.4 Å². The first-order chi connectivity index (χ1) is 25.1. The van der Waals surface area contributed by atoms with E-state index in [0.717, 1.165) is 12.8 Å². The zero-order valence-corrected chi connectivity index (χ0v) is 31.3. The molecule has 302 valence electrons. The molecule has 0 aromatic heterocycles. The summed E-state index contributed by atoms with van der Waals surface area (Å²) in [4.78, 5) is 33.6. The van der Waals surface area contributed by atoms with Crippen molar-refractivity contribution in [1.82, 2.24) is 0 Å². The Morgan fingerprint density at radius 3 is 0.863 bits per heavy atom. The molecule has 15 nitrogen and oxygen atoms in total. The van der Waals surface area contributed by atoms with Gasteiger partial charge in [0.1, 0.15) is 13.2 Å². The molecule has 0 aliphatic heterocycles. The highest BCUT2D eigenvalue weighted by Gasteiger charge is 2.05. The van der Waals surface area contributed by atoms with Crippen LogP contribution in [0.15, 0.2) is 0 Å². The predicted octanol–water partition coefficient (Wildman–Crippen LogP) is 4.01. The van der Waals surface area contributed by atoms with Gasteiger partial charge in [0.25, 0.3) is 0 Å². The molecule has 0 unspecified atom stereocenters. The maximum atomic E-state index is 11.7. The average Bonchev–Trinajstić information content (AvgIpc) is 3.12. The SMILES string of the molecule is CCCCCCCCCC(=O)OCCOCCOCCOCCOCCOCCOCCOCCOCCOCCOC(=O)CCCCC(=O)O. The second-order valence-corrected chi connectivity index (χ2v) is 11.4. The molecule has 0 saturated heterocycles. The molecule has 0 aromatic carbocycles. The van der Waals surface area contributed by atoms with E-state index in [2.05, 4.69) is 6.92 Å². The third-order valence-electron chi connectivity index (χ3n) is 6.96. The molecular formula is C36H68O15. The summed E-state index contributed by atoms with van der Waals surface area (Å²) in [7, 11) is 0. The summed E-state index contributed by atoms with van der Waals surface area (Å²) in [5.41, 5.74) is 0. The predicted molar refractivity (Wildman–Crippen MR) is 188 cm³/mol. The van der Waals surface area contributed by atoms with Gasteiger partial charge in [-0.05, 0) is 19.3 Å². The van der Waals surface area contributed by atoms with Gasteiger partial charge in [0.15, 0.2) is 0 Å². The summed E-state index contributed by atoms with van der Waals surface area (Å²) in [5.74, 6) is -1.36. The first kappa shape index (κ1) is 49.0. The van der Waals surface area contributed by atoms with Gasteiger partial charge in [-0.15, -0.1) is 0 Å². The lowest BCUT2D eigenvalue weighted by atomic mass is 10.1. The van der Waals surface area contributed by atoms with Crippen molar-refractivity contribution in [2.75, 3.05) is 132 Å². The summed E-state index contributed by atoms with van der Waals surface area (Å²) in [6, 6.07) is 0. The average molecular weight is 741 g/mol. The molecule has 0 atom stereocenters. The molecule has 1 N–H and O–H groups in total. The van der Waals surface area contributed by atoms with Gasteiger partial charge in [-0.3, -0.25) is 14.4 Å². The van der Waals surface area contributed by atoms with Gasteiger partial charge in [0, 0.05) is 19.3 Å². The minimum atomic E-state index is -0.864. The number of hydrogen-bond acceptors (Lipinski definition) is 14. The topological polar surface area (TPSA) is 173 Å². The van der Waals surface area contributed by atoms with Crippen LogP contribution in [0.3, 0.4) is 0 Å². The number of hydrogen-bond donors (Lipinski definition) is 1. The molecule has 0 aromatic rings. The zero-order valence-electron chi connectivity index (χ0n) is 31.3. The quantitative estimate of drug-likeness (QED) is 0.0702. The highest BCUT2D eigenvalue weighted by Crippen LogP contribution is 2.08. The van der Waals surface area contributed by atoms with Crippen LogP contribution in [0.4, 0.5) is 0 Å². The Morgan fingerprint density at radius 1 is 0.333 bits per heavy atom. The van der Waals surface area contributed by atoms with E-state index < -0.39 is 5.97 Å². The van der Waals surface area contributed by atoms with Crippen molar-refractivity contribution in [3.8, 4) is 0 Å². The molecule has 0 heterocycles. The molecule has 0 bridgehead atoms. The molecule has 0 fully saturated rings. The van der Waals surface area contributed by atoms with Crippen LogP contribution in [0.1, 0.15) is 84.0 Å². The third kappa shape index (κ3) is 44.1. The van der Waals surface area contributed by atoms with Crippen LogP contribution in [0.25, 0.3) is 0 Å². The van der Waals surface area contributed by atoms with Gasteiger partial charge in [-0.2, -0.15) is 0 Å². The lowest BCUT2D eigenvalue weighted by Gasteiger charge is -2.09. The Balaban J connectivity index is 3.14. The van der Waals surface area contributed by atoms with E-state index in [1.807, 2.05) is 0 Å². The summed E-state index contributed by atoms with van der Waals surface area (Å²) in [6.07, 6.45) is 9.97. The highest BCUT2D eigenvalue weighted by atomic mass is 16.6. The van der Waals surface area contributed by atoms with Crippen molar-refractivity contribution < 1.29 is 71.6 Å². The van der Waals surface area contributed by atoms with E-state index in [0.29, 0.717) is 132 Å². The van der Waals surface area contributed by atoms with Crippen LogP contribution < -0.4 is 0 Å². The Labute approximate surface area is 305 Å². The number of ether oxygens (including phenoxy) is 11. The first-order valence-corrected chi connectivity index (χ1v) is 18.8. The Bertz CT molecular complexity index is 756. The van der Waals surface area contributed by atoms with Crippen LogP contribution in [0, 0.1) is 0 Å². The van der Waals surface area contributed by atoms with Crippen molar-refractivity contribution >= 4 is 17.9 Å². The minimum Gasteiger partial charge on any atom is -0.481 e. The van der Waals surface area contributed by atoms with Gasteiger partial charge in [-0.25, -0.2) is 0 Å². The van der Waals surface area contributed by atoms with Gasteiger partial charge in [0.2, 0.25) is 0 Å². The standard InChI is InChI=1S/C36H68O15/c1-2-3-4-5-6-7-8-12-35(39)50-32-30-48-28-26-46-24-22-44-20-18-42-16-14-41-15-17-43-19-21-45-23-25-47-27-29-49-31-33-51-36(40)13-10-9-11-34(37)38/h2-33H2,1H3,(H,37,38). The molecule has 0 amide bonds. The molecule has 0 aliphatic rings. The summed E-state index contributed by atoms with van der Waals surface area (Å²) in [5, 5.41) is 8.55. The van der Waals surface area contributed by atoms with Crippen molar-refractivity contribution in [1.29, 1.82) is 0 Å². The Kier molecular flexibility index (Phi) is 40.8. The molecule has 51 heavy (non-hydrogen) atoms. The Morgan fingerprint density at radius 2 is 0.569 bits per heavy atom. The maximum absolute atomic E-state index is 11.7. The number of rotatable bonds is 43. The fourth-order valence-corrected chi connectivity index (χ4v) is 4.21. The van der Waals surface area contributed by atoms with Gasteiger partial charge in [-0.1, -0.05) is 45.4 Å². The molecule has 0 spiro atoms. The summed E-state index contributed by atoms with van der Waals surface area (Å²) >= 11 is 0. The number of carbonyl (C=O) groups is 3. The summed E-state index contributed by atoms with van der Waals surface area (Å²) < 4.78 is 59.1. The second-order valence-electron chi connectivity index (χ2n) is 11.4. The van der Waals surface area contributed by atoms with E-state index in [-0.39, 0.29) is 44.6 Å². The smallest absolute Gasteiger partial charge is 0.305 e. The van der Waals surface area contributed by atoms with Crippen LogP contribution in [0.5, 0.6) is 0 Å². The fraction of sp³-hybridized carbons (Fsp3) is 0.917. The monoisotopic (exact) mass is 740 g/mol. The first-order valence-electron chi connectivity index (χ1n) is 18.8. The van der Waals surface area contributed by atoms with Crippen molar-refractivity contribution in [3.63, 3.8) is 0 Å². The third-order valence-corrected chi connectivity index (χ3v) is 6.96. The number of carbonyl (C=O) groups excluding carboxylic acids is 2. The molecule has 0 aliphatic carbocycles. The van der Waals surface area contributed by atoms with Crippen LogP contribution in [0.2, 0.25) is 0 Å². The molecular weight excluding hydrogens is 672 g/mol. The number of carboxylic acids is 1. The zero-order chi connectivity index (χ0) is 37.1. The number of unbranched alkanes of at least 4 members (excludes halogenated alkanes) is 7. The number of carboxylic acid groups (broad SMARTS) is 1. The maximum Gasteiger partial charge on any atom is 0.305 e. The summed E-state index contributed by atoms with van der Waals surface area (Å²) in [6.45, 7) is 10.6. The second kappa shape index (κ2) is 42.5. The van der Waals surface area contributed by atoms with Crippen molar-refractivity contribution in [2.24, 2.45) is 0 Å². The van der Waals surface area contributed by atoms with Gasteiger partial charge in [0.05, 0.1) is 119 Å². The van der Waals surface area contributed by atoms with Crippen molar-refractivity contribution in [3.05, 3.63) is 0 Å². The van der Waals surface area contributed by atoms with Crippen LogP contribution >= 0.6 is 0 Å². The molecule has 0 rings (SSSR count). The largest absolute Gasteiger partial charge is 0.481 e.